The van der Waals surface area contributed by atoms with Gasteiger partial charge in [-0.05, 0) is 43.5 Å². The fourth-order valence-electron chi connectivity index (χ4n) is 3.47. The number of carbonyl (C=O) groups is 1. The Hall–Kier alpha value is -2.39. The van der Waals surface area contributed by atoms with E-state index < -0.39 is 39.1 Å². The maximum atomic E-state index is 12.8. The fourth-order valence-corrected chi connectivity index (χ4v) is 4.49. The molecule has 1 heterocycles. The van der Waals surface area contributed by atoms with Crippen LogP contribution in [0.15, 0.2) is 53.4 Å². The minimum absolute atomic E-state index is 0.138. The molecule has 1 saturated heterocycles. The van der Waals surface area contributed by atoms with E-state index in [1.807, 2.05) is 31.2 Å². The second kappa shape index (κ2) is 8.16. The molecule has 0 bridgehead atoms. The number of hydrogen-bond acceptors (Lipinski definition) is 3. The van der Waals surface area contributed by atoms with Crippen LogP contribution in [0, 0.1) is 6.92 Å². The van der Waals surface area contributed by atoms with Gasteiger partial charge in [-0.25, -0.2) is 13.1 Å². The van der Waals surface area contributed by atoms with Crippen LogP contribution < -0.4 is 4.72 Å². The molecule has 156 valence electrons. The van der Waals surface area contributed by atoms with Gasteiger partial charge in [0.1, 0.15) is 0 Å². The van der Waals surface area contributed by atoms with Crippen LogP contribution in [0.3, 0.4) is 0 Å². The number of aryl methyl sites for hydroxylation is 1. The molecule has 1 atom stereocenters. The van der Waals surface area contributed by atoms with Gasteiger partial charge in [0.25, 0.3) is 0 Å². The summed E-state index contributed by atoms with van der Waals surface area (Å²) in [4.78, 5) is 13.7. The molecular weight excluding hydrogens is 405 g/mol. The largest absolute Gasteiger partial charge is 0.416 e. The third-order valence-electron chi connectivity index (χ3n) is 4.89. The molecule has 3 rings (SSSR count). The van der Waals surface area contributed by atoms with Gasteiger partial charge in [0.2, 0.25) is 15.9 Å². The molecule has 0 aliphatic carbocycles. The monoisotopic (exact) mass is 426 g/mol. The number of sulfonamides is 1. The zero-order chi connectivity index (χ0) is 21.2. The summed E-state index contributed by atoms with van der Waals surface area (Å²) in [7, 11) is -4.25. The highest BCUT2D eigenvalue weighted by Gasteiger charge is 2.33. The molecule has 0 spiro atoms. The number of nitrogens with one attached hydrogen (secondary N) is 1. The Kier molecular flexibility index (Phi) is 6.00. The highest BCUT2D eigenvalue weighted by molar-refractivity contribution is 7.89. The topological polar surface area (TPSA) is 66.5 Å². The molecule has 2 aromatic rings. The lowest BCUT2D eigenvalue weighted by Gasteiger charge is -2.25. The van der Waals surface area contributed by atoms with Crippen molar-refractivity contribution in [3.8, 4) is 0 Å². The third-order valence-corrected chi connectivity index (χ3v) is 6.28. The number of carbonyl (C=O) groups excluding carboxylic acids is 1. The molecule has 29 heavy (non-hydrogen) atoms. The zero-order valence-corrected chi connectivity index (χ0v) is 16.6. The van der Waals surface area contributed by atoms with Crippen LogP contribution in [0.4, 0.5) is 13.2 Å². The van der Waals surface area contributed by atoms with Crippen molar-refractivity contribution >= 4 is 15.9 Å². The maximum Gasteiger partial charge on any atom is 0.416 e. The van der Waals surface area contributed by atoms with Crippen molar-refractivity contribution in [2.75, 3.05) is 13.1 Å². The summed E-state index contributed by atoms with van der Waals surface area (Å²) in [6.45, 7) is 1.94. The summed E-state index contributed by atoms with van der Waals surface area (Å²) in [5.74, 6) is -0.412. The second-order valence-corrected chi connectivity index (χ2v) is 8.78. The number of amides is 1. The first-order valence-electron chi connectivity index (χ1n) is 9.11. The Bertz CT molecular complexity index is 1010. The molecule has 1 N–H and O–H groups in total. The molecule has 0 radical (unpaired) electrons. The van der Waals surface area contributed by atoms with Gasteiger partial charge in [0, 0.05) is 6.54 Å². The first-order chi connectivity index (χ1) is 13.6. The number of hydrogen-bond donors (Lipinski definition) is 1. The van der Waals surface area contributed by atoms with Crippen LogP contribution in [0.2, 0.25) is 0 Å². The molecular formula is C20H21F3N2O3S. The van der Waals surface area contributed by atoms with Gasteiger partial charge in [-0.1, -0.05) is 35.9 Å². The fraction of sp³-hybridized carbons (Fsp3) is 0.350. The van der Waals surface area contributed by atoms with Crippen LogP contribution in [-0.2, 0) is 21.0 Å². The summed E-state index contributed by atoms with van der Waals surface area (Å²) in [5, 5.41) is 0. The average Bonchev–Trinajstić information content (AvgIpc) is 3.15. The van der Waals surface area contributed by atoms with Gasteiger partial charge in [0.05, 0.1) is 23.0 Å². The van der Waals surface area contributed by atoms with E-state index >= 15 is 0 Å². The molecule has 1 aliphatic rings. The van der Waals surface area contributed by atoms with E-state index in [4.69, 9.17) is 0 Å². The minimum atomic E-state index is -4.65. The van der Waals surface area contributed by atoms with Gasteiger partial charge in [0.15, 0.2) is 0 Å². The van der Waals surface area contributed by atoms with Crippen LogP contribution in [0.5, 0.6) is 0 Å². The van der Waals surface area contributed by atoms with Crippen LogP contribution in [-0.4, -0.2) is 32.3 Å². The van der Waals surface area contributed by atoms with E-state index in [9.17, 15) is 26.4 Å². The summed E-state index contributed by atoms with van der Waals surface area (Å²) in [6.07, 6.45) is -3.09. The van der Waals surface area contributed by atoms with E-state index in [0.717, 1.165) is 42.2 Å². The molecule has 1 aliphatic heterocycles. The molecule has 2 aromatic carbocycles. The number of likely N-dealkylation sites (tertiary alicyclic amines) is 1. The van der Waals surface area contributed by atoms with Gasteiger partial charge < -0.3 is 4.90 Å². The Balaban J connectivity index is 1.71. The number of rotatable bonds is 5. The highest BCUT2D eigenvalue weighted by Crippen LogP contribution is 2.32. The van der Waals surface area contributed by atoms with Crippen LogP contribution in [0.1, 0.15) is 35.6 Å². The number of halogens is 3. The van der Waals surface area contributed by atoms with Crippen molar-refractivity contribution < 1.29 is 26.4 Å². The predicted octanol–water partition coefficient (Wildman–Crippen LogP) is 3.66. The van der Waals surface area contributed by atoms with E-state index in [1.165, 1.54) is 0 Å². The maximum absolute atomic E-state index is 12.8. The van der Waals surface area contributed by atoms with E-state index in [-0.39, 0.29) is 6.04 Å². The minimum Gasteiger partial charge on any atom is -0.335 e. The summed E-state index contributed by atoms with van der Waals surface area (Å²) >= 11 is 0. The third kappa shape index (κ3) is 4.97. The Morgan fingerprint density at radius 1 is 1.17 bits per heavy atom. The lowest BCUT2D eigenvalue weighted by Crippen LogP contribution is -2.39. The molecule has 0 saturated carbocycles. The van der Waals surface area contributed by atoms with Gasteiger partial charge in [-0.2, -0.15) is 13.2 Å². The molecule has 1 unspecified atom stereocenters. The Labute approximate surface area is 167 Å². The SMILES string of the molecule is Cc1cccc(C2CCCN2C(=O)CNS(=O)(=O)c2cccc(C(F)(F)F)c2)c1. The van der Waals surface area contributed by atoms with Crippen LogP contribution in [0.25, 0.3) is 0 Å². The van der Waals surface area contributed by atoms with Crippen molar-refractivity contribution in [2.45, 2.75) is 36.9 Å². The van der Waals surface area contributed by atoms with Crippen molar-refractivity contribution in [2.24, 2.45) is 0 Å². The normalized spacial score (nSPS) is 17.5. The standard InChI is InChI=1S/C20H21F3N2O3S/c1-14-5-2-6-15(11-14)18-9-4-10-25(18)19(26)13-24-29(27,28)17-8-3-7-16(12-17)20(21,22)23/h2-3,5-8,11-12,18,24H,4,9-10,13H2,1H3. The van der Waals surface area contributed by atoms with E-state index in [2.05, 4.69) is 4.72 Å². The molecule has 1 fully saturated rings. The molecule has 0 aromatic heterocycles. The first kappa shape index (κ1) is 21.3. The summed E-state index contributed by atoms with van der Waals surface area (Å²) in [5.41, 5.74) is 0.981. The summed E-state index contributed by atoms with van der Waals surface area (Å²) < 4.78 is 65.4. The molecule has 5 nitrogen and oxygen atoms in total. The Morgan fingerprint density at radius 2 is 1.90 bits per heavy atom. The summed E-state index contributed by atoms with van der Waals surface area (Å²) in [6, 6.07) is 11.1. The lowest BCUT2D eigenvalue weighted by atomic mass is 10.0. The van der Waals surface area contributed by atoms with Gasteiger partial charge >= 0.3 is 6.18 Å². The predicted molar refractivity (Wildman–Crippen MR) is 101 cm³/mol. The smallest absolute Gasteiger partial charge is 0.335 e. The quantitative estimate of drug-likeness (QED) is 0.794. The molecule has 9 heteroatoms. The van der Waals surface area contributed by atoms with Crippen LogP contribution >= 0.6 is 0 Å². The van der Waals surface area contributed by atoms with Gasteiger partial charge in [-0.3, -0.25) is 4.79 Å². The first-order valence-corrected chi connectivity index (χ1v) is 10.6. The van der Waals surface area contributed by atoms with Crippen molar-refractivity contribution in [1.29, 1.82) is 0 Å². The van der Waals surface area contributed by atoms with Crippen molar-refractivity contribution in [3.05, 3.63) is 65.2 Å². The average molecular weight is 426 g/mol. The van der Waals surface area contributed by atoms with Crippen molar-refractivity contribution in [1.82, 2.24) is 9.62 Å². The Morgan fingerprint density at radius 3 is 2.59 bits per heavy atom. The number of benzene rings is 2. The zero-order valence-electron chi connectivity index (χ0n) is 15.7. The number of alkyl halides is 3. The molecule has 1 amide bonds. The number of nitrogens with zero attached hydrogens (tertiary/aromatic N) is 1. The van der Waals surface area contributed by atoms with E-state index in [1.54, 1.807) is 4.90 Å². The van der Waals surface area contributed by atoms with Gasteiger partial charge in [-0.15, -0.1) is 0 Å². The second-order valence-electron chi connectivity index (χ2n) is 7.01. The highest BCUT2D eigenvalue weighted by atomic mass is 32.2. The lowest BCUT2D eigenvalue weighted by molar-refractivity contribution is -0.137. The van der Waals surface area contributed by atoms with E-state index in [0.29, 0.717) is 12.6 Å². The van der Waals surface area contributed by atoms with Crippen molar-refractivity contribution in [3.63, 3.8) is 0 Å².